The Hall–Kier alpha value is -2.93. The third-order valence-corrected chi connectivity index (χ3v) is 4.01. The molecule has 1 aliphatic heterocycles. The molecule has 1 aliphatic rings. The minimum absolute atomic E-state index is 0.0564. The maximum absolute atomic E-state index is 12.3. The Kier molecular flexibility index (Phi) is 5.18. The quantitative estimate of drug-likeness (QED) is 0.838. The molecular weight excluding hydrogens is 360 g/mol. The van der Waals surface area contributed by atoms with Gasteiger partial charge in [0.15, 0.2) is 11.5 Å². The molecule has 0 unspecified atom stereocenters. The molecule has 0 aliphatic carbocycles. The van der Waals surface area contributed by atoms with Crippen molar-refractivity contribution in [1.82, 2.24) is 5.32 Å². The van der Waals surface area contributed by atoms with Gasteiger partial charge < -0.3 is 24.8 Å². The normalized spacial score (nSPS) is 11.8. The van der Waals surface area contributed by atoms with Crippen LogP contribution in [0.2, 0.25) is 5.02 Å². The number of anilines is 1. The van der Waals surface area contributed by atoms with Gasteiger partial charge in [-0.2, -0.15) is 0 Å². The van der Waals surface area contributed by atoms with Gasteiger partial charge in [0.1, 0.15) is 5.75 Å². The van der Waals surface area contributed by atoms with Gasteiger partial charge in [-0.1, -0.05) is 17.7 Å². The van der Waals surface area contributed by atoms with Crippen LogP contribution < -0.4 is 24.8 Å². The number of ether oxygens (including phenoxy) is 3. The predicted octanol–water partition coefficient (Wildman–Crippen LogP) is 2.75. The van der Waals surface area contributed by atoms with E-state index in [1.807, 2.05) is 13.0 Å². The van der Waals surface area contributed by atoms with Crippen LogP contribution in [-0.4, -0.2) is 32.3 Å². The number of amides is 2. The maximum Gasteiger partial charge on any atom is 0.251 e. The minimum Gasteiger partial charge on any atom is -0.495 e. The summed E-state index contributed by atoms with van der Waals surface area (Å²) in [5, 5.41) is 5.53. The van der Waals surface area contributed by atoms with E-state index < -0.39 is 5.91 Å². The van der Waals surface area contributed by atoms with E-state index in [1.165, 1.54) is 19.2 Å². The Bertz CT molecular complexity index is 869. The fraction of sp³-hybridized carbons (Fsp3) is 0.222. The molecule has 2 N–H and O–H groups in total. The summed E-state index contributed by atoms with van der Waals surface area (Å²) in [5.41, 5.74) is 1.79. The van der Waals surface area contributed by atoms with E-state index in [2.05, 4.69) is 10.6 Å². The van der Waals surface area contributed by atoms with Crippen molar-refractivity contribution in [3.63, 3.8) is 0 Å². The molecule has 0 fully saturated rings. The van der Waals surface area contributed by atoms with Gasteiger partial charge in [0, 0.05) is 5.56 Å². The molecule has 26 heavy (non-hydrogen) atoms. The van der Waals surface area contributed by atoms with Crippen molar-refractivity contribution in [2.45, 2.75) is 6.92 Å². The number of benzene rings is 2. The van der Waals surface area contributed by atoms with E-state index in [4.69, 9.17) is 25.8 Å². The molecule has 7 nitrogen and oxygen atoms in total. The zero-order valence-corrected chi connectivity index (χ0v) is 15.0. The molecule has 3 rings (SSSR count). The Morgan fingerprint density at radius 1 is 1.23 bits per heavy atom. The SMILES string of the molecule is COc1ccc(C)cc1NC(=O)CNC(=O)c1cc(Cl)c2c(c1)OCO2. The van der Waals surface area contributed by atoms with Gasteiger partial charge in [-0.3, -0.25) is 9.59 Å². The topological polar surface area (TPSA) is 85.9 Å². The van der Waals surface area contributed by atoms with Crippen molar-refractivity contribution in [2.24, 2.45) is 0 Å². The Morgan fingerprint density at radius 2 is 2.04 bits per heavy atom. The number of methoxy groups -OCH3 is 1. The molecule has 136 valence electrons. The molecule has 2 aromatic carbocycles. The molecular formula is C18H17ClN2O5. The third kappa shape index (κ3) is 3.83. The Labute approximate surface area is 155 Å². The number of nitrogens with one attached hydrogen (secondary N) is 2. The van der Waals surface area contributed by atoms with Crippen LogP contribution in [0.4, 0.5) is 5.69 Å². The first kappa shape index (κ1) is 17.9. The van der Waals surface area contributed by atoms with Gasteiger partial charge in [-0.25, -0.2) is 0 Å². The standard InChI is InChI=1S/C18H17ClN2O5/c1-10-3-4-14(24-2)13(5-10)21-16(22)8-20-18(23)11-6-12(19)17-15(7-11)25-9-26-17/h3-7H,8-9H2,1-2H3,(H,20,23)(H,21,22). The van der Waals surface area contributed by atoms with Crippen LogP contribution in [0.25, 0.3) is 0 Å². The van der Waals surface area contributed by atoms with Crippen molar-refractivity contribution < 1.29 is 23.8 Å². The van der Waals surface area contributed by atoms with Gasteiger partial charge in [-0.15, -0.1) is 0 Å². The van der Waals surface area contributed by atoms with Crippen LogP contribution in [0.5, 0.6) is 17.2 Å². The summed E-state index contributed by atoms with van der Waals surface area (Å²) in [5.74, 6) is 0.521. The maximum atomic E-state index is 12.3. The summed E-state index contributed by atoms with van der Waals surface area (Å²) in [6.45, 7) is 1.75. The average Bonchev–Trinajstić information content (AvgIpc) is 3.09. The van der Waals surface area contributed by atoms with Crippen LogP contribution in [0, 0.1) is 6.92 Å². The smallest absolute Gasteiger partial charge is 0.251 e. The van der Waals surface area contributed by atoms with Crippen LogP contribution in [0.3, 0.4) is 0 Å². The van der Waals surface area contributed by atoms with E-state index in [9.17, 15) is 9.59 Å². The second-order valence-corrected chi connectivity index (χ2v) is 6.03. The summed E-state index contributed by atoms with van der Waals surface area (Å²) in [6.07, 6.45) is 0. The van der Waals surface area contributed by atoms with Gasteiger partial charge in [0.25, 0.3) is 5.91 Å². The molecule has 0 saturated carbocycles. The van der Waals surface area contributed by atoms with Crippen molar-refractivity contribution in [3.8, 4) is 17.2 Å². The van der Waals surface area contributed by atoms with E-state index in [0.717, 1.165) is 5.56 Å². The number of halogens is 1. The fourth-order valence-electron chi connectivity index (χ4n) is 2.47. The van der Waals surface area contributed by atoms with E-state index in [1.54, 1.807) is 12.1 Å². The number of aryl methyl sites for hydroxylation is 1. The lowest BCUT2D eigenvalue weighted by Gasteiger charge is -2.11. The highest BCUT2D eigenvalue weighted by Gasteiger charge is 2.21. The van der Waals surface area contributed by atoms with Crippen molar-refractivity contribution in [1.29, 1.82) is 0 Å². The second-order valence-electron chi connectivity index (χ2n) is 5.63. The zero-order chi connectivity index (χ0) is 18.7. The van der Waals surface area contributed by atoms with E-state index in [0.29, 0.717) is 22.9 Å². The Balaban J connectivity index is 1.62. The lowest BCUT2D eigenvalue weighted by molar-refractivity contribution is -0.115. The first-order valence-corrected chi connectivity index (χ1v) is 8.17. The number of fused-ring (bicyclic) bond motifs is 1. The average molecular weight is 377 g/mol. The summed E-state index contributed by atoms with van der Waals surface area (Å²) >= 11 is 6.06. The molecule has 0 atom stereocenters. The number of rotatable bonds is 5. The van der Waals surface area contributed by atoms with Gasteiger partial charge in [0.05, 0.1) is 24.4 Å². The number of carbonyl (C=O) groups is 2. The summed E-state index contributed by atoms with van der Waals surface area (Å²) in [7, 11) is 1.52. The highest BCUT2D eigenvalue weighted by Crippen LogP contribution is 2.39. The largest absolute Gasteiger partial charge is 0.495 e. The van der Waals surface area contributed by atoms with Crippen LogP contribution in [-0.2, 0) is 4.79 Å². The highest BCUT2D eigenvalue weighted by molar-refractivity contribution is 6.32. The van der Waals surface area contributed by atoms with E-state index in [-0.39, 0.29) is 29.8 Å². The zero-order valence-electron chi connectivity index (χ0n) is 14.2. The minimum atomic E-state index is -0.448. The summed E-state index contributed by atoms with van der Waals surface area (Å²) in [6, 6.07) is 8.41. The van der Waals surface area contributed by atoms with Crippen molar-refractivity contribution in [2.75, 3.05) is 25.8 Å². The second kappa shape index (κ2) is 7.53. The highest BCUT2D eigenvalue weighted by atomic mass is 35.5. The Morgan fingerprint density at radius 3 is 2.81 bits per heavy atom. The molecule has 8 heteroatoms. The van der Waals surface area contributed by atoms with Crippen LogP contribution in [0.1, 0.15) is 15.9 Å². The van der Waals surface area contributed by atoms with Gasteiger partial charge in [0.2, 0.25) is 12.7 Å². The van der Waals surface area contributed by atoms with Gasteiger partial charge in [-0.05, 0) is 36.8 Å². The molecule has 0 spiro atoms. The fourth-order valence-corrected chi connectivity index (χ4v) is 2.74. The van der Waals surface area contributed by atoms with Crippen LogP contribution >= 0.6 is 11.6 Å². The number of carbonyl (C=O) groups excluding carboxylic acids is 2. The molecule has 0 bridgehead atoms. The lowest BCUT2D eigenvalue weighted by atomic mass is 10.2. The summed E-state index contributed by atoms with van der Waals surface area (Å²) < 4.78 is 15.6. The molecule has 0 aromatic heterocycles. The van der Waals surface area contributed by atoms with Crippen molar-refractivity contribution in [3.05, 3.63) is 46.5 Å². The first-order chi connectivity index (χ1) is 12.5. The molecule has 2 amide bonds. The summed E-state index contributed by atoms with van der Waals surface area (Å²) in [4.78, 5) is 24.4. The molecule has 0 saturated heterocycles. The molecule has 2 aromatic rings. The van der Waals surface area contributed by atoms with Gasteiger partial charge >= 0.3 is 0 Å². The predicted molar refractivity (Wildman–Crippen MR) is 96.3 cm³/mol. The van der Waals surface area contributed by atoms with Crippen LogP contribution in [0.15, 0.2) is 30.3 Å². The number of hydrogen-bond acceptors (Lipinski definition) is 5. The third-order valence-electron chi connectivity index (χ3n) is 3.73. The molecule has 0 radical (unpaired) electrons. The number of hydrogen-bond donors (Lipinski definition) is 2. The lowest BCUT2D eigenvalue weighted by Crippen LogP contribution is -2.32. The molecule has 1 heterocycles. The van der Waals surface area contributed by atoms with Crippen molar-refractivity contribution >= 4 is 29.1 Å². The van der Waals surface area contributed by atoms with E-state index >= 15 is 0 Å². The monoisotopic (exact) mass is 376 g/mol. The first-order valence-electron chi connectivity index (χ1n) is 7.80.